The van der Waals surface area contributed by atoms with Crippen LogP contribution >= 0.6 is 15.9 Å². The molecule has 2 amide bonds. The molecule has 148 valence electrons. The van der Waals surface area contributed by atoms with Crippen LogP contribution in [0.5, 0.6) is 5.75 Å². The average Bonchev–Trinajstić information content (AvgIpc) is 2.69. The fourth-order valence-electron chi connectivity index (χ4n) is 2.58. The number of ether oxygens (including phenoxy) is 1. The third-order valence-corrected chi connectivity index (χ3v) is 4.40. The summed E-state index contributed by atoms with van der Waals surface area (Å²) in [4.78, 5) is 26.4. The van der Waals surface area contributed by atoms with Crippen molar-refractivity contribution in [1.29, 1.82) is 0 Å². The summed E-state index contributed by atoms with van der Waals surface area (Å²) in [6, 6.07) is 11.4. The number of nitrogens with one attached hydrogen (secondary N) is 1. The summed E-state index contributed by atoms with van der Waals surface area (Å²) in [5, 5.41) is 2.60. The molecule has 0 aliphatic carbocycles. The van der Waals surface area contributed by atoms with Crippen molar-refractivity contribution >= 4 is 27.7 Å². The highest BCUT2D eigenvalue weighted by atomic mass is 79.9. The molecule has 0 unspecified atom stereocenters. The maximum absolute atomic E-state index is 14.0. The second-order valence-electron chi connectivity index (χ2n) is 5.91. The Kier molecular flexibility index (Phi) is 8.19. The number of nitrogens with zero attached hydrogens (tertiary/aromatic N) is 1. The van der Waals surface area contributed by atoms with E-state index in [9.17, 15) is 14.0 Å². The number of hydrogen-bond donors (Lipinski definition) is 1. The lowest BCUT2D eigenvalue weighted by atomic mass is 10.2. The molecular formula is C21H22BrFN2O3. The van der Waals surface area contributed by atoms with Gasteiger partial charge in [-0.05, 0) is 37.3 Å². The smallest absolute Gasteiger partial charge is 0.255 e. The van der Waals surface area contributed by atoms with E-state index in [-0.39, 0.29) is 25.5 Å². The molecule has 0 aromatic heterocycles. The number of rotatable bonds is 9. The maximum atomic E-state index is 14.0. The Hall–Kier alpha value is -2.67. The monoisotopic (exact) mass is 448 g/mol. The predicted octanol–water partition coefficient (Wildman–Crippen LogP) is 3.93. The van der Waals surface area contributed by atoms with Gasteiger partial charge >= 0.3 is 0 Å². The molecule has 0 aliphatic rings. The van der Waals surface area contributed by atoms with Gasteiger partial charge in [0.05, 0.1) is 18.7 Å². The van der Waals surface area contributed by atoms with Gasteiger partial charge in [0.25, 0.3) is 5.91 Å². The topological polar surface area (TPSA) is 58.6 Å². The number of hydrogen-bond acceptors (Lipinski definition) is 3. The molecule has 2 aromatic rings. The second-order valence-corrected chi connectivity index (χ2v) is 6.83. The van der Waals surface area contributed by atoms with Crippen molar-refractivity contribution in [3.63, 3.8) is 0 Å². The van der Waals surface area contributed by atoms with Crippen LogP contribution in [0.15, 0.2) is 59.6 Å². The van der Waals surface area contributed by atoms with E-state index in [1.165, 1.54) is 11.0 Å². The summed E-state index contributed by atoms with van der Waals surface area (Å²) in [6.45, 7) is 5.97. The predicted molar refractivity (Wildman–Crippen MR) is 110 cm³/mol. The molecule has 2 rings (SSSR count). The Balaban J connectivity index is 2.05. The molecule has 28 heavy (non-hydrogen) atoms. The first-order valence-corrected chi connectivity index (χ1v) is 9.58. The quantitative estimate of drug-likeness (QED) is 0.591. The highest BCUT2D eigenvalue weighted by molar-refractivity contribution is 9.10. The number of carbonyl (C=O) groups is 2. The van der Waals surface area contributed by atoms with E-state index in [0.717, 1.165) is 4.47 Å². The summed E-state index contributed by atoms with van der Waals surface area (Å²) >= 11 is 3.30. The number of halogens is 2. The summed E-state index contributed by atoms with van der Waals surface area (Å²) < 4.78 is 20.2. The Bertz CT molecular complexity index is 857. The van der Waals surface area contributed by atoms with Crippen molar-refractivity contribution in [3.8, 4) is 5.75 Å². The summed E-state index contributed by atoms with van der Waals surface area (Å²) in [6.07, 6.45) is 1.56. The van der Waals surface area contributed by atoms with Crippen LogP contribution in [-0.2, 0) is 11.3 Å². The van der Waals surface area contributed by atoms with Crippen molar-refractivity contribution in [1.82, 2.24) is 10.2 Å². The van der Waals surface area contributed by atoms with E-state index in [2.05, 4.69) is 27.8 Å². The molecule has 7 heteroatoms. The van der Waals surface area contributed by atoms with Crippen LogP contribution < -0.4 is 10.1 Å². The number of benzene rings is 2. The third-order valence-electron chi connectivity index (χ3n) is 3.90. The van der Waals surface area contributed by atoms with Gasteiger partial charge in [-0.25, -0.2) is 4.39 Å². The molecule has 0 saturated heterocycles. The van der Waals surface area contributed by atoms with Gasteiger partial charge in [-0.3, -0.25) is 9.59 Å². The Labute approximate surface area is 172 Å². The zero-order chi connectivity index (χ0) is 20.5. The van der Waals surface area contributed by atoms with Crippen LogP contribution in [0.2, 0.25) is 0 Å². The number of carbonyl (C=O) groups excluding carboxylic acids is 2. The van der Waals surface area contributed by atoms with Crippen LogP contribution in [0, 0.1) is 5.82 Å². The van der Waals surface area contributed by atoms with Crippen molar-refractivity contribution < 1.29 is 18.7 Å². The fourth-order valence-corrected chi connectivity index (χ4v) is 2.99. The van der Waals surface area contributed by atoms with E-state index >= 15 is 0 Å². The van der Waals surface area contributed by atoms with Gasteiger partial charge in [0, 0.05) is 23.1 Å². The third kappa shape index (κ3) is 5.92. The maximum Gasteiger partial charge on any atom is 0.255 e. The molecule has 2 aromatic carbocycles. The molecule has 0 fully saturated rings. The zero-order valence-electron chi connectivity index (χ0n) is 15.6. The molecule has 0 atom stereocenters. The normalized spacial score (nSPS) is 10.2. The summed E-state index contributed by atoms with van der Waals surface area (Å²) in [7, 11) is 0. The zero-order valence-corrected chi connectivity index (χ0v) is 17.2. The minimum atomic E-state index is -0.412. The lowest BCUT2D eigenvalue weighted by Crippen LogP contribution is -2.40. The van der Waals surface area contributed by atoms with E-state index in [1.54, 1.807) is 42.5 Å². The lowest BCUT2D eigenvalue weighted by Gasteiger charge is -2.22. The van der Waals surface area contributed by atoms with Crippen molar-refractivity contribution in [2.24, 2.45) is 0 Å². The van der Waals surface area contributed by atoms with E-state index < -0.39 is 11.7 Å². The molecule has 0 spiro atoms. The van der Waals surface area contributed by atoms with Crippen LogP contribution in [0.25, 0.3) is 0 Å². The Morgan fingerprint density at radius 3 is 2.75 bits per heavy atom. The highest BCUT2D eigenvalue weighted by Gasteiger charge is 2.18. The van der Waals surface area contributed by atoms with Gasteiger partial charge in [-0.2, -0.15) is 0 Å². The highest BCUT2D eigenvalue weighted by Crippen LogP contribution is 2.19. The Morgan fingerprint density at radius 2 is 2.04 bits per heavy atom. The van der Waals surface area contributed by atoms with Crippen molar-refractivity contribution in [2.75, 3.05) is 19.7 Å². The van der Waals surface area contributed by atoms with Gasteiger partial charge in [0.15, 0.2) is 0 Å². The summed E-state index contributed by atoms with van der Waals surface area (Å²) in [5.41, 5.74) is 0.725. The molecule has 5 nitrogen and oxygen atoms in total. The lowest BCUT2D eigenvalue weighted by molar-refractivity contribution is -0.130. The van der Waals surface area contributed by atoms with Gasteiger partial charge in [-0.1, -0.05) is 34.1 Å². The Morgan fingerprint density at radius 1 is 1.29 bits per heavy atom. The van der Waals surface area contributed by atoms with E-state index in [1.807, 2.05) is 6.92 Å². The number of amides is 2. The molecule has 0 radical (unpaired) electrons. The van der Waals surface area contributed by atoms with Gasteiger partial charge in [-0.15, -0.1) is 6.58 Å². The van der Waals surface area contributed by atoms with Crippen molar-refractivity contribution in [2.45, 2.75) is 13.5 Å². The van der Waals surface area contributed by atoms with Gasteiger partial charge < -0.3 is 15.0 Å². The second kappa shape index (κ2) is 10.6. The van der Waals surface area contributed by atoms with Crippen LogP contribution in [0.4, 0.5) is 4.39 Å². The molecule has 0 aliphatic heterocycles. The molecule has 1 N–H and O–H groups in total. The first-order valence-electron chi connectivity index (χ1n) is 8.78. The average molecular weight is 449 g/mol. The SMILES string of the molecule is C=CCN(Cc1cc(Br)ccc1F)C(=O)CNC(=O)c1ccccc1OCC. The minimum absolute atomic E-state index is 0.0710. The van der Waals surface area contributed by atoms with Crippen molar-refractivity contribution in [3.05, 3.63) is 76.5 Å². The fraction of sp³-hybridized carbons (Fsp3) is 0.238. The molecule has 0 heterocycles. The van der Waals surface area contributed by atoms with Gasteiger partial charge in [0.2, 0.25) is 5.91 Å². The standard InChI is InChI=1S/C21H22BrFN2O3/c1-3-11-25(14-15-12-16(22)9-10-18(15)23)20(26)13-24-21(27)17-7-5-6-8-19(17)28-4-2/h3,5-10,12H,1,4,11,13-14H2,2H3,(H,24,27). The van der Waals surface area contributed by atoms with Crippen LogP contribution in [-0.4, -0.2) is 36.4 Å². The van der Waals surface area contributed by atoms with Gasteiger partial charge in [0.1, 0.15) is 11.6 Å². The summed E-state index contributed by atoms with van der Waals surface area (Å²) in [5.74, 6) is -0.708. The van der Waals surface area contributed by atoms with E-state index in [0.29, 0.717) is 23.5 Å². The number of para-hydroxylation sites is 1. The largest absolute Gasteiger partial charge is 0.493 e. The molecule has 0 bridgehead atoms. The molecule has 0 saturated carbocycles. The molecular weight excluding hydrogens is 427 g/mol. The minimum Gasteiger partial charge on any atom is -0.493 e. The first kappa shape index (κ1) is 21.6. The van der Waals surface area contributed by atoms with E-state index in [4.69, 9.17) is 4.74 Å². The van der Waals surface area contributed by atoms with Crippen LogP contribution in [0.1, 0.15) is 22.8 Å². The first-order chi connectivity index (χ1) is 13.5. The van der Waals surface area contributed by atoms with Crippen LogP contribution in [0.3, 0.4) is 0 Å².